The molecule has 0 radical (unpaired) electrons. The van der Waals surface area contributed by atoms with Gasteiger partial charge >= 0.3 is 0 Å². The topological polar surface area (TPSA) is 50.6 Å². The summed E-state index contributed by atoms with van der Waals surface area (Å²) in [5.41, 5.74) is 3.63. The fraction of sp³-hybridized carbons (Fsp3) is 0.391. The molecule has 0 aliphatic carbocycles. The van der Waals surface area contributed by atoms with Crippen LogP contribution in [0.1, 0.15) is 37.7 Å². The second-order valence-corrected chi connectivity index (χ2v) is 9.13. The summed E-state index contributed by atoms with van der Waals surface area (Å²) in [5.74, 6) is 0.727. The Balaban J connectivity index is 1.84. The summed E-state index contributed by atoms with van der Waals surface area (Å²) in [7, 11) is 3.12. The van der Waals surface area contributed by atoms with Gasteiger partial charge in [0.05, 0.1) is 28.4 Å². The van der Waals surface area contributed by atoms with Crippen LogP contribution in [0, 0.1) is 0 Å². The van der Waals surface area contributed by atoms with Crippen LogP contribution in [0.5, 0.6) is 0 Å². The molecule has 1 atom stereocenters. The van der Waals surface area contributed by atoms with Gasteiger partial charge in [0.15, 0.2) is 0 Å². The first-order valence-corrected chi connectivity index (χ1v) is 11.7. The lowest BCUT2D eigenvalue weighted by Gasteiger charge is -2.30. The smallest absolute Gasteiger partial charge is 0.246 e. The molecule has 6 nitrogen and oxygen atoms in total. The molecule has 2 heterocycles. The van der Waals surface area contributed by atoms with Crippen molar-refractivity contribution < 1.29 is 9.63 Å². The van der Waals surface area contributed by atoms with Crippen molar-refractivity contribution in [2.75, 3.05) is 25.6 Å². The first kappa shape index (κ1) is 23.2. The number of hydrogen-bond donors (Lipinski definition) is 0. The lowest BCUT2D eigenvalue weighted by molar-refractivity contribution is -0.169. The normalized spacial score (nSPS) is 14.5. The molecule has 0 N–H and O–H groups in total. The molecule has 0 bridgehead atoms. The van der Waals surface area contributed by atoms with Crippen molar-refractivity contribution in [1.82, 2.24) is 14.6 Å². The largest absolute Gasteiger partial charge is 0.310 e. The molecule has 1 aliphatic heterocycles. The summed E-state index contributed by atoms with van der Waals surface area (Å²) in [4.78, 5) is 24.7. The second-order valence-electron chi connectivity index (χ2n) is 7.88. The maximum absolute atomic E-state index is 12.6. The lowest BCUT2D eigenvalue weighted by Crippen LogP contribution is -2.29. The highest BCUT2D eigenvalue weighted by Crippen LogP contribution is 2.41. The van der Waals surface area contributed by atoms with E-state index in [1.165, 1.54) is 12.2 Å². The quantitative estimate of drug-likeness (QED) is 0.369. The molecule has 1 amide bonds. The minimum Gasteiger partial charge on any atom is -0.310 e. The van der Waals surface area contributed by atoms with Crippen LogP contribution in [0.15, 0.2) is 30.3 Å². The molecule has 1 aliphatic rings. The van der Waals surface area contributed by atoms with Crippen molar-refractivity contribution in [3.05, 3.63) is 51.0 Å². The number of aryl methyl sites for hydroxylation is 1. The van der Waals surface area contributed by atoms with Gasteiger partial charge in [-0.1, -0.05) is 47.8 Å². The van der Waals surface area contributed by atoms with Crippen molar-refractivity contribution in [2.24, 2.45) is 0 Å². The van der Waals surface area contributed by atoms with Crippen LogP contribution in [0.3, 0.4) is 0 Å². The molecule has 1 aromatic heterocycles. The van der Waals surface area contributed by atoms with E-state index in [0.29, 0.717) is 21.5 Å². The molecule has 32 heavy (non-hydrogen) atoms. The zero-order valence-electron chi connectivity index (χ0n) is 18.2. The van der Waals surface area contributed by atoms with E-state index in [1.54, 1.807) is 13.1 Å². The Morgan fingerprint density at radius 1 is 1.19 bits per heavy atom. The van der Waals surface area contributed by atoms with Crippen LogP contribution in [0.2, 0.25) is 15.1 Å². The molecule has 0 fully saturated rings. The van der Waals surface area contributed by atoms with Gasteiger partial charge in [-0.15, -0.1) is 0 Å². The third-order valence-corrected chi connectivity index (χ3v) is 6.88. The van der Waals surface area contributed by atoms with E-state index in [1.807, 2.05) is 24.3 Å². The molecule has 1 unspecified atom stereocenters. The van der Waals surface area contributed by atoms with Crippen LogP contribution in [-0.2, 0) is 16.2 Å². The molecule has 4 rings (SSSR count). The third-order valence-electron chi connectivity index (χ3n) is 6.04. The number of nitrogens with zero attached hydrogens (tertiary/aromatic N) is 4. The van der Waals surface area contributed by atoms with Gasteiger partial charge in [0, 0.05) is 31.6 Å². The summed E-state index contributed by atoms with van der Waals surface area (Å²) in [6.07, 6.45) is 2.06. The van der Waals surface area contributed by atoms with Crippen LogP contribution >= 0.6 is 34.8 Å². The molecular weight excluding hydrogens is 471 g/mol. The maximum Gasteiger partial charge on any atom is 0.246 e. The van der Waals surface area contributed by atoms with Gasteiger partial charge in [-0.25, -0.2) is 10.0 Å². The number of aromatic nitrogens is 2. The highest BCUT2D eigenvalue weighted by molar-refractivity contribution is 6.36. The van der Waals surface area contributed by atoms with Gasteiger partial charge in [0.2, 0.25) is 11.9 Å². The van der Waals surface area contributed by atoms with Gasteiger partial charge in [-0.3, -0.25) is 9.63 Å². The summed E-state index contributed by atoms with van der Waals surface area (Å²) in [6.45, 7) is 3.67. The Bertz CT molecular complexity index is 1160. The monoisotopic (exact) mass is 494 g/mol. The first-order chi connectivity index (χ1) is 15.3. The van der Waals surface area contributed by atoms with Gasteiger partial charge < -0.3 is 9.47 Å². The van der Waals surface area contributed by atoms with Crippen LogP contribution < -0.4 is 4.90 Å². The molecule has 0 saturated heterocycles. The molecule has 9 heteroatoms. The zero-order valence-corrected chi connectivity index (χ0v) is 20.5. The molecule has 0 spiro atoms. The van der Waals surface area contributed by atoms with Gasteiger partial charge in [-0.2, -0.15) is 0 Å². The van der Waals surface area contributed by atoms with Gasteiger partial charge in [-0.05, 0) is 48.6 Å². The third kappa shape index (κ3) is 4.17. The Labute approximate surface area is 202 Å². The van der Waals surface area contributed by atoms with Crippen molar-refractivity contribution in [3.63, 3.8) is 0 Å². The van der Waals surface area contributed by atoms with Crippen molar-refractivity contribution in [1.29, 1.82) is 0 Å². The minimum atomic E-state index is -0.0737. The lowest BCUT2D eigenvalue weighted by atomic mass is 9.91. The average molecular weight is 496 g/mol. The Hall–Kier alpha value is -1.99. The summed E-state index contributed by atoms with van der Waals surface area (Å²) >= 11 is 19.2. The van der Waals surface area contributed by atoms with Crippen LogP contribution in [0.25, 0.3) is 11.0 Å². The molecular formula is C23H25Cl3N4O2. The van der Waals surface area contributed by atoms with Crippen LogP contribution in [0.4, 0.5) is 11.6 Å². The summed E-state index contributed by atoms with van der Waals surface area (Å²) in [6, 6.07) is 9.36. The Kier molecular flexibility index (Phi) is 6.86. The summed E-state index contributed by atoms with van der Waals surface area (Å²) < 4.78 is 2.19. The van der Waals surface area contributed by atoms with Crippen molar-refractivity contribution in [2.45, 2.75) is 38.6 Å². The standard InChI is InChI=1S/C23H25Cl3N4O2/c1-4-14(12-20(31)28(2)32-3)16-7-8-17(25)21-22(16)30-11-5-10-29(23(30)27-21)19-9-6-15(24)13-18(19)26/h6-9,13-14H,4-5,10-12H2,1-3H3. The highest BCUT2D eigenvalue weighted by atomic mass is 35.5. The van der Waals surface area contributed by atoms with E-state index < -0.39 is 0 Å². The van der Waals surface area contributed by atoms with E-state index in [2.05, 4.69) is 16.4 Å². The first-order valence-electron chi connectivity index (χ1n) is 10.6. The minimum absolute atomic E-state index is 0.00941. The predicted molar refractivity (Wildman–Crippen MR) is 130 cm³/mol. The number of amides is 1. The van der Waals surface area contributed by atoms with E-state index in [0.717, 1.165) is 54.2 Å². The van der Waals surface area contributed by atoms with E-state index >= 15 is 0 Å². The Morgan fingerprint density at radius 2 is 1.97 bits per heavy atom. The number of benzene rings is 2. The second kappa shape index (κ2) is 9.48. The molecule has 3 aromatic rings. The molecule has 170 valence electrons. The maximum atomic E-state index is 12.6. The van der Waals surface area contributed by atoms with Gasteiger partial charge in [0.25, 0.3) is 0 Å². The zero-order chi connectivity index (χ0) is 23.0. The number of rotatable bonds is 6. The van der Waals surface area contributed by atoms with Gasteiger partial charge in [0.1, 0.15) is 5.52 Å². The summed E-state index contributed by atoms with van der Waals surface area (Å²) in [5, 5.41) is 3.02. The number of carbonyl (C=O) groups excluding carboxylic acids is 1. The molecule has 2 aromatic carbocycles. The van der Waals surface area contributed by atoms with E-state index in [-0.39, 0.29) is 11.8 Å². The Morgan fingerprint density at radius 3 is 2.66 bits per heavy atom. The van der Waals surface area contributed by atoms with Crippen molar-refractivity contribution >= 4 is 63.4 Å². The number of fused-ring (bicyclic) bond motifs is 3. The fourth-order valence-electron chi connectivity index (χ4n) is 4.30. The van der Waals surface area contributed by atoms with Crippen LogP contribution in [-0.4, -0.2) is 41.2 Å². The SMILES string of the molecule is CCC(CC(=O)N(C)OC)c1ccc(Cl)c2nc3n(c12)CCCN3c1ccc(Cl)cc1Cl. The fourth-order valence-corrected chi connectivity index (χ4v) is 5.00. The van der Waals surface area contributed by atoms with E-state index in [4.69, 9.17) is 44.6 Å². The number of anilines is 2. The van der Waals surface area contributed by atoms with Crippen molar-refractivity contribution in [3.8, 4) is 0 Å². The number of imidazole rings is 1. The number of carbonyl (C=O) groups is 1. The highest BCUT2D eigenvalue weighted by Gasteiger charge is 2.29. The number of hydrogen-bond acceptors (Lipinski definition) is 4. The number of hydroxylamine groups is 2. The van der Waals surface area contributed by atoms with E-state index in [9.17, 15) is 4.79 Å². The predicted octanol–water partition coefficient (Wildman–Crippen LogP) is 6.44. The molecule has 0 saturated carbocycles. The number of halogens is 3. The average Bonchev–Trinajstić information content (AvgIpc) is 3.18.